The minimum atomic E-state index is 0.424. The number of alkyl halides is 2. The average Bonchev–Trinajstić information content (AvgIpc) is 2.26. The van der Waals surface area contributed by atoms with Gasteiger partial charge in [0.05, 0.1) is 0 Å². The van der Waals surface area contributed by atoms with Crippen LogP contribution < -0.4 is 0 Å². The third-order valence-corrected chi connectivity index (χ3v) is 2.90. The van der Waals surface area contributed by atoms with Gasteiger partial charge in [0.2, 0.25) is 0 Å². The molecule has 0 saturated heterocycles. The van der Waals surface area contributed by atoms with Crippen molar-refractivity contribution < 1.29 is 5.11 Å². The van der Waals surface area contributed by atoms with Gasteiger partial charge in [-0.3, -0.25) is 0 Å². The number of phenolic OH excluding ortho intramolecular Hbond substituents is 1. The minimum Gasteiger partial charge on any atom is -0.507 e. The number of benzene rings is 1. The summed E-state index contributed by atoms with van der Waals surface area (Å²) in [6.07, 6.45) is 3.47. The topological polar surface area (TPSA) is 20.2 Å². The molecule has 0 fully saturated rings. The van der Waals surface area contributed by atoms with Crippen molar-refractivity contribution in [3.8, 4) is 5.75 Å². The number of aryl methyl sites for hydroxylation is 2. The van der Waals surface area contributed by atoms with Crippen LogP contribution in [0.5, 0.6) is 5.75 Å². The van der Waals surface area contributed by atoms with E-state index < -0.39 is 0 Å². The van der Waals surface area contributed by atoms with Crippen molar-refractivity contribution in [2.24, 2.45) is 0 Å². The molecule has 1 nitrogen and oxygen atoms in total. The van der Waals surface area contributed by atoms with Crippen LogP contribution in [0.1, 0.15) is 24.0 Å². The van der Waals surface area contributed by atoms with Crippen molar-refractivity contribution in [2.75, 3.05) is 11.8 Å². The molecule has 0 saturated carbocycles. The summed E-state index contributed by atoms with van der Waals surface area (Å²) in [4.78, 5) is 0. The van der Waals surface area contributed by atoms with Gasteiger partial charge in [-0.05, 0) is 36.8 Å². The van der Waals surface area contributed by atoms with Gasteiger partial charge in [0.1, 0.15) is 5.75 Å². The Morgan fingerprint density at radius 2 is 1.40 bits per heavy atom. The predicted octanol–water partition coefficient (Wildman–Crippen LogP) is 3.74. The maximum Gasteiger partial charge on any atom is 0.121 e. The Hall–Kier alpha value is -0.400. The monoisotopic (exact) mass is 246 g/mol. The van der Waals surface area contributed by atoms with Gasteiger partial charge in [0.25, 0.3) is 0 Å². The van der Waals surface area contributed by atoms with E-state index in [2.05, 4.69) is 0 Å². The van der Waals surface area contributed by atoms with Crippen LogP contribution in [0.25, 0.3) is 0 Å². The van der Waals surface area contributed by atoms with E-state index in [4.69, 9.17) is 23.2 Å². The third kappa shape index (κ3) is 3.92. The Balaban J connectivity index is 2.71. The molecule has 0 aliphatic heterocycles. The maximum atomic E-state index is 9.96. The Bertz CT molecular complexity index is 273. The minimum absolute atomic E-state index is 0.424. The van der Waals surface area contributed by atoms with E-state index in [1.165, 1.54) is 0 Å². The first-order chi connectivity index (χ1) is 7.29. The summed E-state index contributed by atoms with van der Waals surface area (Å²) in [5.41, 5.74) is 1.98. The van der Waals surface area contributed by atoms with E-state index >= 15 is 0 Å². The van der Waals surface area contributed by atoms with Crippen molar-refractivity contribution >= 4 is 23.2 Å². The zero-order valence-electron chi connectivity index (χ0n) is 8.68. The van der Waals surface area contributed by atoms with Crippen molar-refractivity contribution in [3.05, 3.63) is 29.3 Å². The summed E-state index contributed by atoms with van der Waals surface area (Å²) in [6, 6.07) is 5.88. The maximum absolute atomic E-state index is 9.96. The van der Waals surface area contributed by atoms with Gasteiger partial charge in [0.15, 0.2) is 0 Å². The zero-order valence-corrected chi connectivity index (χ0v) is 10.2. The van der Waals surface area contributed by atoms with Crippen molar-refractivity contribution in [2.45, 2.75) is 25.7 Å². The second kappa shape index (κ2) is 6.97. The van der Waals surface area contributed by atoms with E-state index in [9.17, 15) is 5.11 Å². The first-order valence-corrected chi connectivity index (χ1v) is 6.28. The van der Waals surface area contributed by atoms with Crippen LogP contribution in [-0.4, -0.2) is 16.9 Å². The molecule has 0 bridgehead atoms. The lowest BCUT2D eigenvalue weighted by Gasteiger charge is -2.08. The van der Waals surface area contributed by atoms with E-state index in [0.717, 1.165) is 36.8 Å². The van der Waals surface area contributed by atoms with Gasteiger partial charge < -0.3 is 5.11 Å². The van der Waals surface area contributed by atoms with E-state index in [1.807, 2.05) is 18.2 Å². The first-order valence-electron chi connectivity index (χ1n) is 5.21. The number of aromatic hydroxyl groups is 1. The summed E-state index contributed by atoms with van der Waals surface area (Å²) in [6.45, 7) is 0. The second-order valence-electron chi connectivity index (χ2n) is 3.51. The molecular weight excluding hydrogens is 231 g/mol. The molecule has 3 heteroatoms. The third-order valence-electron chi connectivity index (χ3n) is 2.36. The van der Waals surface area contributed by atoms with Crippen molar-refractivity contribution in [3.63, 3.8) is 0 Å². The molecule has 0 atom stereocenters. The molecule has 0 heterocycles. The summed E-state index contributed by atoms with van der Waals surface area (Å²) in [7, 11) is 0. The van der Waals surface area contributed by atoms with E-state index in [0.29, 0.717) is 17.5 Å². The Morgan fingerprint density at radius 3 is 1.80 bits per heavy atom. The number of halogens is 2. The predicted molar refractivity (Wildman–Crippen MR) is 66.2 cm³/mol. The van der Waals surface area contributed by atoms with Gasteiger partial charge in [-0.1, -0.05) is 18.2 Å². The lowest BCUT2D eigenvalue weighted by molar-refractivity contribution is 0.460. The molecule has 0 aliphatic rings. The van der Waals surface area contributed by atoms with Gasteiger partial charge in [0, 0.05) is 11.8 Å². The number of phenols is 1. The van der Waals surface area contributed by atoms with E-state index in [-0.39, 0.29) is 0 Å². The molecule has 1 aromatic carbocycles. The van der Waals surface area contributed by atoms with Crippen LogP contribution >= 0.6 is 23.2 Å². The Kier molecular flexibility index (Phi) is 5.89. The Labute approximate surface area is 101 Å². The fraction of sp³-hybridized carbons (Fsp3) is 0.500. The highest BCUT2D eigenvalue weighted by molar-refractivity contribution is 6.18. The van der Waals surface area contributed by atoms with Crippen LogP contribution in [0.2, 0.25) is 0 Å². The fourth-order valence-electron chi connectivity index (χ4n) is 1.56. The Morgan fingerprint density at radius 1 is 0.933 bits per heavy atom. The van der Waals surface area contributed by atoms with Crippen LogP contribution in [0.15, 0.2) is 18.2 Å². The number of hydrogen-bond donors (Lipinski definition) is 1. The standard InChI is InChI=1S/C12H16Cl2O/c13-8-2-6-10-4-1-5-11(12(10)15)7-3-9-14/h1,4-5,15H,2-3,6-9H2. The first kappa shape index (κ1) is 12.7. The molecular formula is C12H16Cl2O. The SMILES string of the molecule is Oc1c(CCCCl)cccc1CCCCl. The normalized spacial score (nSPS) is 10.5. The average molecular weight is 247 g/mol. The quantitative estimate of drug-likeness (QED) is 0.759. The summed E-state index contributed by atoms with van der Waals surface area (Å²) in [5.74, 6) is 1.68. The van der Waals surface area contributed by atoms with Crippen LogP contribution in [0.3, 0.4) is 0 Å². The largest absolute Gasteiger partial charge is 0.507 e. The van der Waals surface area contributed by atoms with Crippen molar-refractivity contribution in [1.29, 1.82) is 0 Å². The lowest BCUT2D eigenvalue weighted by atomic mass is 10.0. The van der Waals surface area contributed by atoms with Gasteiger partial charge in [-0.25, -0.2) is 0 Å². The molecule has 1 aromatic rings. The molecule has 15 heavy (non-hydrogen) atoms. The molecule has 0 aromatic heterocycles. The van der Waals surface area contributed by atoms with Gasteiger partial charge in [-0.2, -0.15) is 0 Å². The summed E-state index contributed by atoms with van der Waals surface area (Å²) >= 11 is 11.3. The molecule has 0 amide bonds. The fourth-order valence-corrected chi connectivity index (χ4v) is 1.83. The summed E-state index contributed by atoms with van der Waals surface area (Å²) in [5, 5.41) is 9.96. The highest BCUT2D eigenvalue weighted by Crippen LogP contribution is 2.25. The number of hydrogen-bond acceptors (Lipinski definition) is 1. The van der Waals surface area contributed by atoms with Gasteiger partial charge >= 0.3 is 0 Å². The molecule has 0 aliphatic carbocycles. The smallest absolute Gasteiger partial charge is 0.121 e. The van der Waals surface area contributed by atoms with Gasteiger partial charge in [-0.15, -0.1) is 23.2 Å². The van der Waals surface area contributed by atoms with Crippen molar-refractivity contribution in [1.82, 2.24) is 0 Å². The molecule has 1 rings (SSSR count). The second-order valence-corrected chi connectivity index (χ2v) is 4.27. The summed E-state index contributed by atoms with van der Waals surface area (Å²) < 4.78 is 0. The molecule has 0 spiro atoms. The van der Waals surface area contributed by atoms with Crippen LogP contribution in [0.4, 0.5) is 0 Å². The van der Waals surface area contributed by atoms with Crippen LogP contribution in [-0.2, 0) is 12.8 Å². The molecule has 0 radical (unpaired) electrons. The molecule has 84 valence electrons. The number of rotatable bonds is 6. The highest BCUT2D eigenvalue weighted by atomic mass is 35.5. The molecule has 1 N–H and O–H groups in total. The molecule has 0 unspecified atom stereocenters. The van der Waals surface area contributed by atoms with E-state index in [1.54, 1.807) is 0 Å². The van der Waals surface area contributed by atoms with Crippen LogP contribution in [0, 0.1) is 0 Å². The zero-order chi connectivity index (χ0) is 11.1. The lowest BCUT2D eigenvalue weighted by Crippen LogP contribution is -1.93. The highest BCUT2D eigenvalue weighted by Gasteiger charge is 2.05. The number of para-hydroxylation sites is 1.